The van der Waals surface area contributed by atoms with Gasteiger partial charge in [-0.2, -0.15) is 0 Å². The molecule has 0 rings (SSSR count). The lowest BCUT2D eigenvalue weighted by Gasteiger charge is -2.17. The summed E-state index contributed by atoms with van der Waals surface area (Å²) < 4.78 is 5.33. The minimum absolute atomic E-state index is 0.0136. The van der Waals surface area contributed by atoms with Gasteiger partial charge in [-0.05, 0) is 50.4 Å². The van der Waals surface area contributed by atoms with Crippen LogP contribution in [-0.4, -0.2) is 12.6 Å². The fourth-order valence-corrected chi connectivity index (χ4v) is 2.59. The van der Waals surface area contributed by atoms with Gasteiger partial charge in [0.15, 0.2) is 0 Å². The first-order valence-corrected chi connectivity index (χ1v) is 9.62. The third-order valence-corrected chi connectivity index (χ3v) is 4.24. The molecule has 0 spiro atoms. The van der Waals surface area contributed by atoms with Crippen LogP contribution >= 0.6 is 0 Å². The Morgan fingerprint density at radius 3 is 2.35 bits per heavy atom. The largest absolute Gasteiger partial charge is 0.466 e. The van der Waals surface area contributed by atoms with E-state index in [0.717, 1.165) is 25.7 Å². The highest BCUT2D eigenvalue weighted by Gasteiger charge is 2.09. The summed E-state index contributed by atoms with van der Waals surface area (Å²) in [5.41, 5.74) is 0.452. The predicted molar refractivity (Wildman–Crippen MR) is 101 cm³/mol. The Labute approximate surface area is 145 Å². The topological polar surface area (TPSA) is 26.3 Å². The van der Waals surface area contributed by atoms with Crippen molar-refractivity contribution in [3.63, 3.8) is 0 Å². The Kier molecular flexibility index (Phi) is 13.2. The van der Waals surface area contributed by atoms with Gasteiger partial charge in [0.05, 0.1) is 6.61 Å². The molecule has 2 nitrogen and oxygen atoms in total. The van der Waals surface area contributed by atoms with Crippen molar-refractivity contribution in [3.8, 4) is 0 Å². The maximum Gasteiger partial charge on any atom is 0.305 e. The summed E-state index contributed by atoms with van der Waals surface area (Å²) in [7, 11) is 0. The summed E-state index contributed by atoms with van der Waals surface area (Å²) in [4.78, 5) is 11.7. The fraction of sp³-hybridized carbons (Fsp3) is 0.857. The summed E-state index contributed by atoms with van der Waals surface area (Å²) in [5.74, 6) is 0.613. The van der Waals surface area contributed by atoms with Gasteiger partial charge in [-0.15, -0.1) is 0 Å². The molecule has 0 saturated heterocycles. The molecule has 0 aliphatic rings. The first-order valence-electron chi connectivity index (χ1n) is 9.62. The molecule has 0 aromatic rings. The smallest absolute Gasteiger partial charge is 0.305 e. The van der Waals surface area contributed by atoms with E-state index in [0.29, 0.717) is 24.4 Å². The molecular formula is C21H40O2. The van der Waals surface area contributed by atoms with Gasteiger partial charge >= 0.3 is 5.97 Å². The molecule has 1 unspecified atom stereocenters. The summed E-state index contributed by atoms with van der Waals surface area (Å²) in [6.07, 6.45) is 15.4. The molecule has 0 fully saturated rings. The van der Waals surface area contributed by atoms with Crippen molar-refractivity contribution in [2.45, 2.75) is 98.8 Å². The monoisotopic (exact) mass is 324 g/mol. The van der Waals surface area contributed by atoms with Gasteiger partial charge in [0.1, 0.15) is 0 Å². The molecule has 2 heteroatoms. The van der Waals surface area contributed by atoms with Crippen LogP contribution in [0.15, 0.2) is 12.2 Å². The number of rotatable bonds is 13. The van der Waals surface area contributed by atoms with Crippen molar-refractivity contribution >= 4 is 5.97 Å². The molecule has 0 amide bonds. The first kappa shape index (κ1) is 22.2. The number of carbonyl (C=O) groups is 1. The Balaban J connectivity index is 3.40. The summed E-state index contributed by atoms with van der Waals surface area (Å²) in [5, 5.41) is 0. The van der Waals surface area contributed by atoms with Crippen molar-refractivity contribution in [2.75, 3.05) is 6.61 Å². The molecular weight excluding hydrogens is 284 g/mol. The van der Waals surface area contributed by atoms with Crippen molar-refractivity contribution < 1.29 is 9.53 Å². The van der Waals surface area contributed by atoms with Crippen molar-refractivity contribution in [1.82, 2.24) is 0 Å². The Morgan fingerprint density at radius 1 is 1.04 bits per heavy atom. The number of esters is 1. The lowest BCUT2D eigenvalue weighted by atomic mass is 9.89. The van der Waals surface area contributed by atoms with Crippen LogP contribution in [0.5, 0.6) is 0 Å². The zero-order valence-corrected chi connectivity index (χ0v) is 16.3. The Bertz CT molecular complexity index is 312. The quantitative estimate of drug-likeness (QED) is 0.214. The summed E-state index contributed by atoms with van der Waals surface area (Å²) in [6, 6.07) is 0. The van der Waals surface area contributed by atoms with Crippen LogP contribution in [0.1, 0.15) is 98.8 Å². The van der Waals surface area contributed by atoms with Gasteiger partial charge in [0.25, 0.3) is 0 Å². The van der Waals surface area contributed by atoms with E-state index in [9.17, 15) is 4.79 Å². The van der Waals surface area contributed by atoms with E-state index in [1.165, 1.54) is 32.1 Å². The average molecular weight is 325 g/mol. The second-order valence-electron chi connectivity index (χ2n) is 8.09. The van der Waals surface area contributed by atoms with Gasteiger partial charge in [-0.3, -0.25) is 4.79 Å². The minimum atomic E-state index is -0.0136. The van der Waals surface area contributed by atoms with Crippen molar-refractivity contribution in [2.24, 2.45) is 11.3 Å². The molecule has 0 N–H and O–H groups in total. The van der Waals surface area contributed by atoms with E-state index in [2.05, 4.69) is 46.8 Å². The molecule has 0 radical (unpaired) electrons. The van der Waals surface area contributed by atoms with Gasteiger partial charge in [-0.1, -0.05) is 65.5 Å². The SMILES string of the molecule is C/C=C/CCC(C)CCOC(=O)CCCCCCCC(C)(C)C. The second kappa shape index (κ2) is 13.6. The number of carbonyl (C=O) groups excluding carboxylic acids is 1. The molecule has 0 aromatic heterocycles. The van der Waals surface area contributed by atoms with Crippen LogP contribution in [-0.2, 0) is 9.53 Å². The molecule has 0 aliphatic heterocycles. The Morgan fingerprint density at radius 2 is 1.70 bits per heavy atom. The fourth-order valence-electron chi connectivity index (χ4n) is 2.59. The molecule has 0 heterocycles. The van der Waals surface area contributed by atoms with Crippen molar-refractivity contribution in [1.29, 1.82) is 0 Å². The summed E-state index contributed by atoms with van der Waals surface area (Å²) in [6.45, 7) is 11.8. The number of ether oxygens (including phenoxy) is 1. The zero-order chi connectivity index (χ0) is 17.6. The molecule has 0 aliphatic carbocycles. The molecule has 0 bridgehead atoms. The minimum Gasteiger partial charge on any atom is -0.466 e. The second-order valence-corrected chi connectivity index (χ2v) is 8.09. The number of unbranched alkanes of at least 4 members (excludes halogenated alkanes) is 4. The number of allylic oxidation sites excluding steroid dienone is 2. The molecule has 23 heavy (non-hydrogen) atoms. The number of hydrogen-bond acceptors (Lipinski definition) is 2. The van der Waals surface area contributed by atoms with Gasteiger partial charge in [0.2, 0.25) is 0 Å². The molecule has 136 valence electrons. The third-order valence-electron chi connectivity index (χ3n) is 4.24. The van der Waals surface area contributed by atoms with Crippen LogP contribution in [0.25, 0.3) is 0 Å². The molecule has 0 saturated carbocycles. The van der Waals surface area contributed by atoms with Crippen LogP contribution in [0.4, 0.5) is 0 Å². The zero-order valence-electron chi connectivity index (χ0n) is 16.3. The van der Waals surface area contributed by atoms with E-state index in [1.54, 1.807) is 0 Å². The van der Waals surface area contributed by atoms with Crippen LogP contribution in [0.2, 0.25) is 0 Å². The van der Waals surface area contributed by atoms with Crippen LogP contribution in [0, 0.1) is 11.3 Å². The van der Waals surface area contributed by atoms with E-state index in [1.807, 2.05) is 0 Å². The van der Waals surface area contributed by atoms with Gasteiger partial charge in [-0.25, -0.2) is 0 Å². The normalized spacial score (nSPS) is 13.4. The van der Waals surface area contributed by atoms with E-state index >= 15 is 0 Å². The van der Waals surface area contributed by atoms with Gasteiger partial charge in [0, 0.05) is 6.42 Å². The standard InChI is InChI=1S/C21H40O2/c1-6-7-11-14-19(2)16-18-23-20(22)15-12-9-8-10-13-17-21(3,4)5/h6-7,19H,8-18H2,1-5H3/b7-6+. The van der Waals surface area contributed by atoms with E-state index in [4.69, 9.17) is 4.74 Å². The van der Waals surface area contributed by atoms with Crippen LogP contribution in [0.3, 0.4) is 0 Å². The van der Waals surface area contributed by atoms with Gasteiger partial charge < -0.3 is 4.74 Å². The predicted octanol–water partition coefficient (Wildman–Crippen LogP) is 6.69. The highest BCUT2D eigenvalue weighted by molar-refractivity contribution is 5.69. The highest BCUT2D eigenvalue weighted by atomic mass is 16.5. The number of hydrogen-bond donors (Lipinski definition) is 0. The van der Waals surface area contributed by atoms with E-state index < -0.39 is 0 Å². The lowest BCUT2D eigenvalue weighted by Crippen LogP contribution is -2.08. The maximum atomic E-state index is 11.7. The maximum absolute atomic E-state index is 11.7. The first-order chi connectivity index (χ1) is 10.8. The van der Waals surface area contributed by atoms with Crippen LogP contribution < -0.4 is 0 Å². The summed E-state index contributed by atoms with van der Waals surface area (Å²) >= 11 is 0. The van der Waals surface area contributed by atoms with Crippen molar-refractivity contribution in [3.05, 3.63) is 12.2 Å². The third kappa shape index (κ3) is 17.4. The molecule has 1 atom stereocenters. The molecule has 0 aromatic carbocycles. The highest BCUT2D eigenvalue weighted by Crippen LogP contribution is 2.22. The average Bonchev–Trinajstić information content (AvgIpc) is 2.45. The van der Waals surface area contributed by atoms with E-state index in [-0.39, 0.29) is 5.97 Å². The Hall–Kier alpha value is -0.790. The lowest BCUT2D eigenvalue weighted by molar-refractivity contribution is -0.144.